The Bertz CT molecular complexity index is 853. The van der Waals surface area contributed by atoms with Crippen LogP contribution in [0.3, 0.4) is 0 Å². The van der Waals surface area contributed by atoms with E-state index in [2.05, 4.69) is 51.3 Å². The first-order chi connectivity index (χ1) is 12.8. The monoisotopic (exact) mass is 418 g/mol. The molecule has 1 atom stereocenters. The standard InChI is InChI=1S/C20H24Cl2N4Si/c1-27(2,3)9-7-15-11-24-20(25-12-15)26-8-6-18(14-26)23-13-16-4-5-17(21)10-19(16)22/h4-5,10-12,18,23H,6,8,13-14H2,1-3H3/t18-/m0/s1. The summed E-state index contributed by atoms with van der Waals surface area (Å²) in [5, 5.41) is 4.92. The van der Waals surface area contributed by atoms with Crippen LogP contribution in [0.5, 0.6) is 0 Å². The Morgan fingerprint density at radius 1 is 1.22 bits per heavy atom. The third kappa shape index (κ3) is 5.95. The first kappa shape index (κ1) is 20.2. The molecular formula is C20H24Cl2N4Si. The maximum atomic E-state index is 6.24. The predicted molar refractivity (Wildman–Crippen MR) is 116 cm³/mol. The predicted octanol–water partition coefficient (Wildman–Crippen LogP) is 4.38. The number of rotatable bonds is 4. The first-order valence-electron chi connectivity index (χ1n) is 9.08. The average molecular weight is 419 g/mol. The van der Waals surface area contributed by atoms with Gasteiger partial charge in [-0.25, -0.2) is 9.97 Å². The third-order valence-electron chi connectivity index (χ3n) is 4.29. The Morgan fingerprint density at radius 3 is 2.63 bits per heavy atom. The molecule has 0 saturated carbocycles. The van der Waals surface area contributed by atoms with E-state index in [1.54, 1.807) is 6.07 Å². The van der Waals surface area contributed by atoms with Gasteiger partial charge in [-0.1, -0.05) is 54.8 Å². The summed E-state index contributed by atoms with van der Waals surface area (Å²) in [7, 11) is -1.38. The minimum Gasteiger partial charge on any atom is -0.339 e. The van der Waals surface area contributed by atoms with Gasteiger partial charge in [-0.05, 0) is 24.1 Å². The topological polar surface area (TPSA) is 41.1 Å². The van der Waals surface area contributed by atoms with Crippen molar-refractivity contribution in [3.05, 3.63) is 51.8 Å². The zero-order valence-electron chi connectivity index (χ0n) is 15.9. The van der Waals surface area contributed by atoms with Crippen LogP contribution < -0.4 is 10.2 Å². The molecule has 7 heteroatoms. The Kier molecular flexibility index (Phi) is 6.43. The average Bonchev–Trinajstić information content (AvgIpc) is 3.08. The molecule has 1 N–H and O–H groups in total. The van der Waals surface area contributed by atoms with E-state index in [1.807, 2.05) is 24.5 Å². The van der Waals surface area contributed by atoms with Crippen molar-refractivity contribution in [2.75, 3.05) is 18.0 Å². The zero-order chi connectivity index (χ0) is 19.4. The van der Waals surface area contributed by atoms with Gasteiger partial charge in [0, 0.05) is 48.1 Å². The van der Waals surface area contributed by atoms with Crippen LogP contribution in [0.2, 0.25) is 29.7 Å². The van der Waals surface area contributed by atoms with Gasteiger partial charge in [-0.3, -0.25) is 0 Å². The molecule has 2 heterocycles. The fraction of sp³-hybridized carbons (Fsp3) is 0.400. The summed E-state index contributed by atoms with van der Waals surface area (Å²) in [6.07, 6.45) is 4.69. The van der Waals surface area contributed by atoms with Gasteiger partial charge in [0.1, 0.15) is 8.07 Å². The number of halogens is 2. The van der Waals surface area contributed by atoms with Crippen molar-refractivity contribution in [1.29, 1.82) is 0 Å². The second-order valence-electron chi connectivity index (χ2n) is 7.82. The minimum absolute atomic E-state index is 0.381. The number of benzene rings is 1. The Labute approximate surface area is 172 Å². The van der Waals surface area contributed by atoms with E-state index in [1.165, 1.54) is 0 Å². The van der Waals surface area contributed by atoms with E-state index in [0.29, 0.717) is 16.1 Å². The highest BCUT2D eigenvalue weighted by molar-refractivity contribution is 6.83. The molecule has 0 bridgehead atoms. The molecule has 27 heavy (non-hydrogen) atoms. The van der Waals surface area contributed by atoms with Crippen molar-refractivity contribution >= 4 is 37.2 Å². The van der Waals surface area contributed by atoms with Crippen molar-refractivity contribution < 1.29 is 0 Å². The summed E-state index contributed by atoms with van der Waals surface area (Å²) in [6, 6.07) is 5.99. The number of nitrogens with one attached hydrogen (secondary N) is 1. The van der Waals surface area contributed by atoms with Crippen LogP contribution >= 0.6 is 23.2 Å². The normalized spacial score (nSPS) is 16.9. The molecule has 1 aliphatic heterocycles. The molecule has 1 aromatic carbocycles. The van der Waals surface area contributed by atoms with Crippen LogP contribution in [0.1, 0.15) is 17.5 Å². The van der Waals surface area contributed by atoms with E-state index < -0.39 is 8.07 Å². The highest BCUT2D eigenvalue weighted by atomic mass is 35.5. The number of nitrogens with zero attached hydrogens (tertiary/aromatic N) is 3. The van der Waals surface area contributed by atoms with E-state index in [9.17, 15) is 0 Å². The van der Waals surface area contributed by atoms with Gasteiger partial charge in [0.15, 0.2) is 0 Å². The molecule has 1 aliphatic rings. The van der Waals surface area contributed by atoms with Crippen molar-refractivity contribution in [3.8, 4) is 11.5 Å². The Hall–Kier alpha value is -1.58. The zero-order valence-corrected chi connectivity index (χ0v) is 18.4. The molecule has 0 spiro atoms. The van der Waals surface area contributed by atoms with Gasteiger partial charge in [0.25, 0.3) is 0 Å². The van der Waals surface area contributed by atoms with Crippen molar-refractivity contribution in [2.24, 2.45) is 0 Å². The smallest absolute Gasteiger partial charge is 0.225 e. The maximum absolute atomic E-state index is 6.24. The lowest BCUT2D eigenvalue weighted by molar-refractivity contribution is 0.551. The molecule has 3 rings (SSSR count). The van der Waals surface area contributed by atoms with Gasteiger partial charge >= 0.3 is 0 Å². The van der Waals surface area contributed by atoms with Crippen molar-refractivity contribution in [1.82, 2.24) is 15.3 Å². The molecule has 1 fully saturated rings. The lowest BCUT2D eigenvalue weighted by atomic mass is 10.2. The van der Waals surface area contributed by atoms with Gasteiger partial charge in [0.2, 0.25) is 5.95 Å². The van der Waals surface area contributed by atoms with E-state index in [0.717, 1.165) is 43.1 Å². The molecule has 0 aliphatic carbocycles. The Morgan fingerprint density at radius 2 is 1.96 bits per heavy atom. The molecular weight excluding hydrogens is 395 g/mol. The van der Waals surface area contributed by atoms with E-state index in [4.69, 9.17) is 23.2 Å². The molecule has 4 nitrogen and oxygen atoms in total. The summed E-state index contributed by atoms with van der Waals surface area (Å²) in [5.74, 6) is 3.96. The van der Waals surface area contributed by atoms with Gasteiger partial charge in [0.05, 0.1) is 5.56 Å². The van der Waals surface area contributed by atoms with Crippen LogP contribution in [-0.2, 0) is 6.54 Å². The second kappa shape index (κ2) is 8.62. The van der Waals surface area contributed by atoms with E-state index in [-0.39, 0.29) is 0 Å². The van der Waals surface area contributed by atoms with Crippen LogP contribution in [0.15, 0.2) is 30.6 Å². The highest BCUT2D eigenvalue weighted by Gasteiger charge is 2.24. The fourth-order valence-electron chi connectivity index (χ4n) is 2.84. The van der Waals surface area contributed by atoms with Gasteiger partial charge in [-0.15, -0.1) is 5.54 Å². The lowest BCUT2D eigenvalue weighted by Crippen LogP contribution is -2.32. The molecule has 0 radical (unpaired) electrons. The maximum Gasteiger partial charge on any atom is 0.225 e. The molecule has 2 aromatic rings. The number of aromatic nitrogens is 2. The molecule has 142 valence electrons. The lowest BCUT2D eigenvalue weighted by Gasteiger charge is -2.17. The first-order valence-corrected chi connectivity index (χ1v) is 13.3. The molecule has 0 unspecified atom stereocenters. The highest BCUT2D eigenvalue weighted by Crippen LogP contribution is 2.22. The van der Waals surface area contributed by atoms with Crippen molar-refractivity contribution in [3.63, 3.8) is 0 Å². The second-order valence-corrected chi connectivity index (χ2v) is 13.4. The molecule has 0 amide bonds. The van der Waals surface area contributed by atoms with Crippen LogP contribution in [0, 0.1) is 11.5 Å². The van der Waals surface area contributed by atoms with Gasteiger partial charge in [-0.2, -0.15) is 0 Å². The summed E-state index contributed by atoms with van der Waals surface area (Å²) >= 11 is 12.2. The van der Waals surface area contributed by atoms with Crippen LogP contribution in [0.4, 0.5) is 5.95 Å². The number of hydrogen-bond donors (Lipinski definition) is 1. The number of hydrogen-bond acceptors (Lipinski definition) is 4. The third-order valence-corrected chi connectivity index (χ3v) is 5.75. The van der Waals surface area contributed by atoms with Crippen molar-refractivity contribution in [2.45, 2.75) is 38.6 Å². The van der Waals surface area contributed by atoms with Crippen LogP contribution in [0.25, 0.3) is 0 Å². The van der Waals surface area contributed by atoms with Crippen LogP contribution in [-0.4, -0.2) is 37.2 Å². The number of anilines is 1. The molecule has 1 saturated heterocycles. The quantitative estimate of drug-likeness (QED) is 0.590. The molecule has 1 aromatic heterocycles. The Balaban J connectivity index is 1.55. The summed E-state index contributed by atoms with van der Waals surface area (Å²) < 4.78 is 0. The summed E-state index contributed by atoms with van der Waals surface area (Å²) in [4.78, 5) is 11.2. The summed E-state index contributed by atoms with van der Waals surface area (Å²) in [5.41, 5.74) is 5.28. The SMILES string of the molecule is C[Si](C)(C)C#Cc1cnc(N2CC[C@H](NCc3ccc(Cl)cc3Cl)C2)nc1. The largest absolute Gasteiger partial charge is 0.339 e. The van der Waals surface area contributed by atoms with E-state index >= 15 is 0 Å². The minimum atomic E-state index is -1.38. The fourth-order valence-corrected chi connectivity index (χ4v) is 3.83. The summed E-state index contributed by atoms with van der Waals surface area (Å²) in [6.45, 7) is 9.22. The van der Waals surface area contributed by atoms with Gasteiger partial charge < -0.3 is 10.2 Å².